The largest absolute Gasteiger partial charge is 1.00 e. The van der Waals surface area contributed by atoms with Gasteiger partial charge in [-0.2, -0.15) is 0 Å². The molecule has 11 heavy (non-hydrogen) atoms. The van der Waals surface area contributed by atoms with E-state index in [0.29, 0.717) is 25.7 Å². The van der Waals surface area contributed by atoms with Crippen LogP contribution in [0.4, 0.5) is 12.9 Å². The Balaban J connectivity index is 0.000001000. The van der Waals surface area contributed by atoms with Crippen molar-refractivity contribution in [2.24, 2.45) is 0 Å². The van der Waals surface area contributed by atoms with Gasteiger partial charge in [-0.05, 0) is 0 Å². The quantitative estimate of drug-likeness (QED) is 0.556. The van der Waals surface area contributed by atoms with Crippen LogP contribution in [0.2, 0.25) is 5.31 Å². The average molecular weight is 190 g/mol. The number of hydrogen-bond donors (Lipinski definition) is 0. The molecule has 0 amide bonds. The molecule has 0 nitrogen and oxygen atoms in total. The molecule has 1 saturated carbocycles. The van der Waals surface area contributed by atoms with Crippen molar-refractivity contribution in [1.29, 1.82) is 0 Å². The number of hydrogen-bond acceptors (Lipinski definition) is 0. The topological polar surface area (TPSA) is 0 Å². The van der Waals surface area contributed by atoms with E-state index in [1.165, 1.54) is 0 Å². The van der Waals surface area contributed by atoms with Gasteiger partial charge in [-0.3, -0.25) is 0 Å². The van der Waals surface area contributed by atoms with Gasteiger partial charge in [0.15, 0.2) is 0 Å². The average Bonchev–Trinajstić information content (AvgIpc) is 2.45. The van der Waals surface area contributed by atoms with Gasteiger partial charge >= 0.3 is 58.4 Å². The number of halogens is 3. The molecule has 0 aliphatic heterocycles. The van der Waals surface area contributed by atoms with Crippen LogP contribution in [0.25, 0.3) is 0 Å². The van der Waals surface area contributed by atoms with E-state index >= 15 is 0 Å². The fourth-order valence-electron chi connectivity index (χ4n) is 1.40. The Bertz CT molecular complexity index is 130. The minimum absolute atomic E-state index is 0. The summed E-state index contributed by atoms with van der Waals surface area (Å²) in [6.07, 6.45) is 1.76. The van der Waals surface area contributed by atoms with Gasteiger partial charge in [0, 0.05) is 0 Å². The van der Waals surface area contributed by atoms with Crippen molar-refractivity contribution in [2.45, 2.75) is 37.9 Å². The molecule has 0 spiro atoms. The minimum atomic E-state index is -4.55. The van der Waals surface area contributed by atoms with Crippen LogP contribution in [-0.2, 0) is 0 Å². The predicted octanol–water partition coefficient (Wildman–Crippen LogP) is 0.172. The summed E-state index contributed by atoms with van der Waals surface area (Å²) in [7, 11) is 0. The van der Waals surface area contributed by atoms with Crippen LogP contribution < -0.4 is 51.4 Å². The summed E-state index contributed by atoms with van der Waals surface area (Å²) >= 11 is 0. The molecule has 0 aromatic heterocycles. The zero-order chi connectivity index (χ0) is 7.83. The SMILES string of the molecule is CCCC1([B-](F)(F)F)CC1.[K+]. The van der Waals surface area contributed by atoms with Gasteiger partial charge in [-0.15, -0.1) is 0 Å². The van der Waals surface area contributed by atoms with Crippen molar-refractivity contribution < 1.29 is 64.3 Å². The third-order valence-corrected chi connectivity index (χ3v) is 2.33. The van der Waals surface area contributed by atoms with E-state index in [9.17, 15) is 12.9 Å². The molecule has 0 heterocycles. The van der Waals surface area contributed by atoms with Gasteiger partial charge in [-0.25, -0.2) is 0 Å². The molecule has 0 radical (unpaired) electrons. The second-order valence-electron chi connectivity index (χ2n) is 3.19. The summed E-state index contributed by atoms with van der Waals surface area (Å²) < 4.78 is 36.4. The molecule has 0 atom stereocenters. The molecule has 0 N–H and O–H groups in total. The molecule has 0 aromatic carbocycles. The van der Waals surface area contributed by atoms with E-state index < -0.39 is 12.3 Å². The molecule has 5 heteroatoms. The van der Waals surface area contributed by atoms with Crippen molar-refractivity contribution in [3.8, 4) is 0 Å². The second-order valence-corrected chi connectivity index (χ2v) is 3.19. The molecular formula is C6H11BF3K. The molecule has 0 unspecified atom stereocenters. The van der Waals surface area contributed by atoms with E-state index in [1.54, 1.807) is 0 Å². The van der Waals surface area contributed by atoms with Crippen LogP contribution in [0.3, 0.4) is 0 Å². The van der Waals surface area contributed by atoms with Crippen LogP contribution >= 0.6 is 0 Å². The van der Waals surface area contributed by atoms with Gasteiger partial charge in [0.05, 0.1) is 0 Å². The fraction of sp³-hybridized carbons (Fsp3) is 1.00. The van der Waals surface area contributed by atoms with E-state index in [4.69, 9.17) is 0 Å². The first-order valence-corrected chi connectivity index (χ1v) is 3.71. The molecule has 0 bridgehead atoms. The van der Waals surface area contributed by atoms with Crippen molar-refractivity contribution >= 4 is 6.98 Å². The van der Waals surface area contributed by atoms with Crippen molar-refractivity contribution in [3.05, 3.63) is 0 Å². The van der Waals surface area contributed by atoms with Gasteiger partial charge in [0.2, 0.25) is 0 Å². The van der Waals surface area contributed by atoms with Gasteiger partial charge in [0.1, 0.15) is 0 Å². The summed E-state index contributed by atoms with van der Waals surface area (Å²) in [6, 6.07) is 0. The summed E-state index contributed by atoms with van der Waals surface area (Å²) in [5.41, 5.74) is 0. The Kier molecular flexibility index (Phi) is 4.69. The van der Waals surface area contributed by atoms with Crippen LogP contribution in [0, 0.1) is 0 Å². The van der Waals surface area contributed by atoms with Crippen LogP contribution in [0.1, 0.15) is 32.6 Å². The standard InChI is InChI=1S/C6H11BF3.K/c1-2-3-6(4-5-6)7(8,9)10;/h2-5H2,1H3;/q-1;+1. The van der Waals surface area contributed by atoms with Gasteiger partial charge < -0.3 is 12.9 Å². The molecule has 1 aliphatic carbocycles. The maximum absolute atomic E-state index is 12.1. The maximum Gasteiger partial charge on any atom is 1.00 e. The van der Waals surface area contributed by atoms with E-state index in [0.717, 1.165) is 0 Å². The van der Waals surface area contributed by atoms with E-state index in [-0.39, 0.29) is 51.4 Å². The Morgan fingerprint density at radius 2 is 1.73 bits per heavy atom. The summed E-state index contributed by atoms with van der Waals surface area (Å²) in [6.45, 7) is -2.74. The zero-order valence-corrected chi connectivity index (χ0v) is 10.2. The molecular weight excluding hydrogens is 179 g/mol. The van der Waals surface area contributed by atoms with Gasteiger partial charge in [-0.1, -0.05) is 37.9 Å². The van der Waals surface area contributed by atoms with Crippen LogP contribution in [0.5, 0.6) is 0 Å². The molecule has 0 aromatic rings. The predicted molar refractivity (Wildman–Crippen MR) is 35.9 cm³/mol. The van der Waals surface area contributed by atoms with E-state index in [1.807, 2.05) is 6.92 Å². The minimum Gasteiger partial charge on any atom is -0.449 e. The van der Waals surface area contributed by atoms with E-state index in [2.05, 4.69) is 0 Å². The summed E-state index contributed by atoms with van der Waals surface area (Å²) in [5.74, 6) is 0. The zero-order valence-electron chi connectivity index (χ0n) is 7.04. The fourth-order valence-corrected chi connectivity index (χ4v) is 1.40. The van der Waals surface area contributed by atoms with Crippen LogP contribution in [0.15, 0.2) is 0 Å². The maximum atomic E-state index is 12.1. The van der Waals surface area contributed by atoms with Crippen LogP contribution in [-0.4, -0.2) is 6.98 Å². The third-order valence-electron chi connectivity index (χ3n) is 2.33. The van der Waals surface area contributed by atoms with Gasteiger partial charge in [0.25, 0.3) is 0 Å². The first-order valence-electron chi connectivity index (χ1n) is 3.71. The molecule has 60 valence electrons. The Morgan fingerprint density at radius 3 is 1.82 bits per heavy atom. The summed E-state index contributed by atoms with van der Waals surface area (Å²) in [4.78, 5) is 0. The smallest absolute Gasteiger partial charge is 0.449 e. The Labute approximate surface area is 108 Å². The molecule has 1 rings (SSSR count). The third kappa shape index (κ3) is 2.72. The summed E-state index contributed by atoms with van der Waals surface area (Å²) in [5, 5.41) is -1.20. The molecule has 0 saturated heterocycles. The number of rotatable bonds is 3. The molecule has 1 aliphatic rings. The first-order chi connectivity index (χ1) is 4.52. The Morgan fingerprint density at radius 1 is 1.27 bits per heavy atom. The van der Waals surface area contributed by atoms with Crippen molar-refractivity contribution in [2.75, 3.05) is 0 Å². The monoisotopic (exact) mass is 190 g/mol. The van der Waals surface area contributed by atoms with Crippen molar-refractivity contribution in [3.63, 3.8) is 0 Å². The first kappa shape index (κ1) is 12.5. The Hall–Kier alpha value is 1.49. The normalized spacial score (nSPS) is 20.7. The second kappa shape index (κ2) is 4.13. The van der Waals surface area contributed by atoms with Crippen molar-refractivity contribution in [1.82, 2.24) is 0 Å². The molecule has 1 fully saturated rings.